The number of aromatic hydroxyl groups is 1. The molecule has 64 heavy (non-hydrogen) atoms. The van der Waals surface area contributed by atoms with Crippen LogP contribution in [0.3, 0.4) is 0 Å². The summed E-state index contributed by atoms with van der Waals surface area (Å²) in [5.41, 5.74) is 8.59. The molecular weight excluding hydrogens is 809 g/mol. The second-order valence-corrected chi connectivity index (χ2v) is 17.0. The quantitative estimate of drug-likeness (QED) is 0.0363. The number of ether oxygens (including phenoxy) is 3. The van der Waals surface area contributed by atoms with Crippen LogP contribution in [0.25, 0.3) is 22.3 Å². The molecule has 0 heterocycles. The summed E-state index contributed by atoms with van der Waals surface area (Å²) in [6.45, 7) is 11.1. The van der Waals surface area contributed by atoms with Gasteiger partial charge in [-0.05, 0) is 141 Å². The van der Waals surface area contributed by atoms with Gasteiger partial charge in [-0.2, -0.15) is 0 Å². The van der Waals surface area contributed by atoms with Crippen molar-refractivity contribution in [1.82, 2.24) is 21.3 Å². The van der Waals surface area contributed by atoms with Crippen LogP contribution >= 0.6 is 0 Å². The van der Waals surface area contributed by atoms with E-state index in [1.165, 1.54) is 11.1 Å². The van der Waals surface area contributed by atoms with Gasteiger partial charge in [0.1, 0.15) is 29.7 Å². The van der Waals surface area contributed by atoms with Crippen LogP contribution in [-0.2, 0) is 19.1 Å². The lowest BCUT2D eigenvalue weighted by atomic mass is 9.91. The zero-order valence-electron chi connectivity index (χ0n) is 38.1. The number of phenolic OH excluding ortho intramolecular Hbond substituents is 1. The van der Waals surface area contributed by atoms with Crippen LogP contribution in [0.15, 0.2) is 97.1 Å². The molecule has 12 heteroatoms. The maximum absolute atomic E-state index is 13.4. The van der Waals surface area contributed by atoms with Crippen molar-refractivity contribution in [3.05, 3.63) is 119 Å². The van der Waals surface area contributed by atoms with Crippen LogP contribution in [0.2, 0.25) is 0 Å². The van der Waals surface area contributed by atoms with Gasteiger partial charge >= 0.3 is 12.2 Å². The fourth-order valence-corrected chi connectivity index (χ4v) is 7.98. The summed E-state index contributed by atoms with van der Waals surface area (Å²) in [6.07, 6.45) is 4.66. The number of carbonyl (C=O) groups is 4. The Morgan fingerprint density at radius 2 is 1.25 bits per heavy atom. The molecule has 0 radical (unpaired) electrons. The zero-order chi connectivity index (χ0) is 45.9. The third kappa shape index (κ3) is 14.9. The first kappa shape index (κ1) is 48.7. The summed E-state index contributed by atoms with van der Waals surface area (Å²) in [6, 6.07) is 30.8. The molecule has 4 aromatic rings. The van der Waals surface area contributed by atoms with Crippen LogP contribution in [0.5, 0.6) is 11.5 Å². The van der Waals surface area contributed by atoms with Crippen LogP contribution in [-0.4, -0.2) is 73.6 Å². The molecule has 4 aromatic carbocycles. The van der Waals surface area contributed by atoms with Gasteiger partial charge in [0.2, 0.25) is 11.8 Å². The molecule has 5 N–H and O–H groups in total. The van der Waals surface area contributed by atoms with E-state index in [2.05, 4.69) is 59.4 Å². The number of allylic oxidation sites excluding steroid dienone is 2. The number of benzene rings is 4. The molecule has 342 valence electrons. The number of hydrogen-bond donors (Lipinski definition) is 5. The van der Waals surface area contributed by atoms with Crippen molar-refractivity contribution < 1.29 is 38.5 Å². The maximum atomic E-state index is 13.4. The van der Waals surface area contributed by atoms with Crippen molar-refractivity contribution >= 4 is 35.1 Å². The first-order valence-corrected chi connectivity index (χ1v) is 22.7. The van der Waals surface area contributed by atoms with Crippen molar-refractivity contribution in [2.24, 2.45) is 0 Å². The number of nitrogens with one attached hydrogen (secondary N) is 4. The fraction of sp³-hybridized carbons (Fsp3) is 0.423. The van der Waals surface area contributed by atoms with Crippen LogP contribution in [0.4, 0.5) is 9.59 Å². The monoisotopic (exact) mass is 874 g/mol. The standard InChI is InChI=1S/C52H66N4O8/c1-6-40(36-23-27-38(57)28-24-36)41(7-2)37-25-29-39(30-26-37)62-34-16-8-9-22-48(58)53-32-33-54-49(59)47(21-14-15-31-55-50(60)64-52(3,4)5)56-51(61)63-35-46-44-19-12-10-17-42(44)43-18-11-13-20-45(43)46/h10-13,17-20,23-30,46-47,57H,6-9,14-16,21-22,31-35H2,1-5H3,(H,53,58)(H,54,59)(H,55,60)(H,56,61)/b41-40+. The second-order valence-electron chi connectivity index (χ2n) is 17.0. The number of hydrogen-bond acceptors (Lipinski definition) is 8. The fourth-order valence-electron chi connectivity index (χ4n) is 7.98. The van der Waals surface area contributed by atoms with E-state index in [-0.39, 0.29) is 43.2 Å². The van der Waals surface area contributed by atoms with Crippen molar-refractivity contribution in [3.8, 4) is 22.6 Å². The predicted molar refractivity (Wildman–Crippen MR) is 252 cm³/mol. The first-order valence-electron chi connectivity index (χ1n) is 22.7. The Labute approximate surface area is 378 Å². The maximum Gasteiger partial charge on any atom is 0.407 e. The molecule has 4 amide bonds. The lowest BCUT2D eigenvalue weighted by Crippen LogP contribution is -2.48. The molecule has 0 aliphatic heterocycles. The molecule has 0 saturated heterocycles. The first-order chi connectivity index (χ1) is 30.9. The Morgan fingerprint density at radius 1 is 0.656 bits per heavy atom. The van der Waals surface area contributed by atoms with Gasteiger partial charge in [0.15, 0.2) is 0 Å². The Kier molecular flexibility index (Phi) is 18.7. The van der Waals surface area contributed by atoms with E-state index < -0.39 is 23.8 Å². The van der Waals surface area contributed by atoms with Crippen LogP contribution < -0.4 is 26.0 Å². The number of rotatable bonds is 23. The molecule has 0 aromatic heterocycles. The Balaban J connectivity index is 1.01. The van der Waals surface area contributed by atoms with Crippen molar-refractivity contribution in [2.75, 3.05) is 32.8 Å². The van der Waals surface area contributed by atoms with E-state index in [1.54, 1.807) is 32.9 Å². The average Bonchev–Trinajstić information content (AvgIpc) is 3.60. The number of carbonyl (C=O) groups excluding carboxylic acids is 4. The number of phenols is 1. The van der Waals surface area contributed by atoms with E-state index in [4.69, 9.17) is 14.2 Å². The van der Waals surface area contributed by atoms with Crippen molar-refractivity contribution in [3.63, 3.8) is 0 Å². The highest BCUT2D eigenvalue weighted by Crippen LogP contribution is 2.44. The van der Waals surface area contributed by atoms with E-state index >= 15 is 0 Å². The zero-order valence-corrected chi connectivity index (χ0v) is 38.1. The summed E-state index contributed by atoms with van der Waals surface area (Å²) in [5, 5.41) is 20.9. The van der Waals surface area contributed by atoms with Gasteiger partial charge in [-0.15, -0.1) is 0 Å². The minimum absolute atomic E-state index is 0.102. The normalized spacial score (nSPS) is 12.8. The number of unbranched alkanes of at least 4 members (excludes halogenated alkanes) is 3. The second kappa shape index (κ2) is 24.5. The van der Waals surface area contributed by atoms with E-state index in [0.29, 0.717) is 45.3 Å². The van der Waals surface area contributed by atoms with Gasteiger partial charge in [-0.25, -0.2) is 9.59 Å². The summed E-state index contributed by atoms with van der Waals surface area (Å²) >= 11 is 0. The predicted octanol–water partition coefficient (Wildman–Crippen LogP) is 9.90. The van der Waals surface area contributed by atoms with Gasteiger partial charge in [-0.3, -0.25) is 9.59 Å². The van der Waals surface area contributed by atoms with Crippen LogP contribution in [0.1, 0.15) is 121 Å². The number of alkyl carbamates (subject to hydrolysis) is 2. The van der Waals surface area contributed by atoms with Crippen molar-refractivity contribution in [2.45, 2.75) is 110 Å². The third-order valence-corrected chi connectivity index (χ3v) is 11.1. The lowest BCUT2D eigenvalue weighted by molar-refractivity contribution is -0.124. The third-order valence-electron chi connectivity index (χ3n) is 11.1. The lowest BCUT2D eigenvalue weighted by Gasteiger charge is -2.21. The molecule has 1 aliphatic rings. The molecule has 0 spiro atoms. The van der Waals surface area contributed by atoms with Crippen molar-refractivity contribution in [1.29, 1.82) is 0 Å². The number of fused-ring (bicyclic) bond motifs is 3. The molecule has 1 unspecified atom stereocenters. The van der Waals surface area contributed by atoms with E-state index in [0.717, 1.165) is 64.8 Å². The molecule has 12 nitrogen and oxygen atoms in total. The molecule has 1 aliphatic carbocycles. The molecule has 5 rings (SSSR count). The van der Waals surface area contributed by atoms with E-state index in [1.807, 2.05) is 60.7 Å². The highest BCUT2D eigenvalue weighted by atomic mass is 16.6. The van der Waals surface area contributed by atoms with Gasteiger partial charge < -0.3 is 40.6 Å². The summed E-state index contributed by atoms with van der Waals surface area (Å²) in [5.74, 6) is 0.441. The SMILES string of the molecule is CC/C(=C(/CC)c1ccc(OCCCCCC(=O)NCCNC(=O)C(CCCCNC(=O)OC(C)(C)C)NC(=O)OCC2c3ccccc3-c3ccccc32)cc1)c1ccc(O)cc1. The van der Waals surface area contributed by atoms with Gasteiger partial charge in [0, 0.05) is 32.0 Å². The summed E-state index contributed by atoms with van der Waals surface area (Å²) < 4.78 is 17.0. The smallest absolute Gasteiger partial charge is 0.407 e. The van der Waals surface area contributed by atoms with Gasteiger partial charge in [-0.1, -0.05) is 86.6 Å². The molecule has 0 saturated carbocycles. The molecule has 1 atom stereocenters. The minimum atomic E-state index is -0.885. The Morgan fingerprint density at radius 3 is 1.86 bits per heavy atom. The van der Waals surface area contributed by atoms with Gasteiger partial charge in [0.25, 0.3) is 0 Å². The Bertz CT molecular complexity index is 2130. The van der Waals surface area contributed by atoms with E-state index in [9.17, 15) is 24.3 Å². The molecule has 0 fully saturated rings. The minimum Gasteiger partial charge on any atom is -0.508 e. The molecular formula is C52H66N4O8. The Hall–Kier alpha value is -6.30. The average molecular weight is 875 g/mol. The highest BCUT2D eigenvalue weighted by molar-refractivity contribution is 5.91. The largest absolute Gasteiger partial charge is 0.508 e. The summed E-state index contributed by atoms with van der Waals surface area (Å²) in [4.78, 5) is 51.2. The summed E-state index contributed by atoms with van der Waals surface area (Å²) in [7, 11) is 0. The number of amides is 4. The highest BCUT2D eigenvalue weighted by Gasteiger charge is 2.30. The van der Waals surface area contributed by atoms with Crippen LogP contribution in [0, 0.1) is 0 Å². The molecule has 0 bridgehead atoms. The topological polar surface area (TPSA) is 164 Å². The van der Waals surface area contributed by atoms with Gasteiger partial charge in [0.05, 0.1) is 6.61 Å².